The summed E-state index contributed by atoms with van der Waals surface area (Å²) in [5, 5.41) is 10.1. The highest BCUT2D eigenvalue weighted by atomic mass is 79.9. The van der Waals surface area contributed by atoms with Crippen molar-refractivity contribution < 1.29 is 9.59 Å². The molecule has 7 heteroatoms. The van der Waals surface area contributed by atoms with Crippen molar-refractivity contribution in [3.05, 3.63) is 88.2 Å². The maximum absolute atomic E-state index is 12.6. The molecule has 0 bridgehead atoms. The van der Waals surface area contributed by atoms with Gasteiger partial charge in [-0.1, -0.05) is 52.3 Å². The largest absolute Gasteiger partial charge is 0.352 e. The summed E-state index contributed by atoms with van der Waals surface area (Å²) in [5.41, 5.74) is 3.02. The lowest BCUT2D eigenvalue weighted by atomic mass is 10.0. The van der Waals surface area contributed by atoms with Gasteiger partial charge < -0.3 is 10.6 Å². The quantitative estimate of drug-likeness (QED) is 0.545. The van der Waals surface area contributed by atoms with E-state index in [1.165, 1.54) is 6.92 Å². The number of aromatic nitrogens is 2. The molecular formula is C22H23BrN4O2. The first-order chi connectivity index (χ1) is 14.0. The van der Waals surface area contributed by atoms with Crippen LogP contribution in [0, 0.1) is 0 Å². The van der Waals surface area contributed by atoms with Crippen molar-refractivity contribution in [3.8, 4) is 0 Å². The molecule has 3 aromatic rings. The first kappa shape index (κ1) is 20.8. The first-order valence-corrected chi connectivity index (χ1v) is 10.1. The van der Waals surface area contributed by atoms with Crippen LogP contribution in [0.2, 0.25) is 0 Å². The zero-order chi connectivity index (χ0) is 20.6. The Bertz CT molecular complexity index is 955. The summed E-state index contributed by atoms with van der Waals surface area (Å²) in [7, 11) is 0. The molecule has 1 aromatic heterocycles. The van der Waals surface area contributed by atoms with Gasteiger partial charge in [0.15, 0.2) is 0 Å². The van der Waals surface area contributed by atoms with Crippen molar-refractivity contribution >= 4 is 27.7 Å². The van der Waals surface area contributed by atoms with Gasteiger partial charge in [-0.25, -0.2) is 0 Å². The number of halogens is 1. The molecule has 3 rings (SSSR count). The number of rotatable bonds is 8. The van der Waals surface area contributed by atoms with E-state index in [4.69, 9.17) is 0 Å². The van der Waals surface area contributed by atoms with Crippen LogP contribution in [0.15, 0.2) is 71.5 Å². The normalized spacial score (nSPS) is 11.7. The summed E-state index contributed by atoms with van der Waals surface area (Å²) in [6.07, 6.45) is 3.82. The maximum Gasteiger partial charge on any atom is 0.222 e. The molecule has 1 unspecified atom stereocenters. The molecule has 150 valence electrons. The van der Waals surface area contributed by atoms with Gasteiger partial charge in [-0.2, -0.15) is 5.10 Å². The number of hydrogen-bond acceptors (Lipinski definition) is 3. The molecule has 2 amide bonds. The molecule has 2 aromatic carbocycles. The van der Waals surface area contributed by atoms with E-state index in [0.717, 1.165) is 21.2 Å². The minimum Gasteiger partial charge on any atom is -0.352 e. The summed E-state index contributed by atoms with van der Waals surface area (Å²) in [5.74, 6) is -0.296. The number of benzene rings is 2. The minimum atomic E-state index is -0.375. The third kappa shape index (κ3) is 6.29. The van der Waals surface area contributed by atoms with Gasteiger partial charge >= 0.3 is 0 Å². The van der Waals surface area contributed by atoms with Crippen molar-refractivity contribution in [1.82, 2.24) is 20.4 Å². The molecule has 0 saturated carbocycles. The smallest absolute Gasteiger partial charge is 0.222 e. The van der Waals surface area contributed by atoms with Crippen molar-refractivity contribution in [2.24, 2.45) is 0 Å². The van der Waals surface area contributed by atoms with Gasteiger partial charge in [0.05, 0.1) is 19.0 Å². The summed E-state index contributed by atoms with van der Waals surface area (Å²) < 4.78 is 2.79. The van der Waals surface area contributed by atoms with Crippen LogP contribution in [0.25, 0.3) is 0 Å². The zero-order valence-corrected chi connectivity index (χ0v) is 17.7. The van der Waals surface area contributed by atoms with E-state index < -0.39 is 0 Å². The number of carbonyl (C=O) groups is 2. The molecule has 1 atom stereocenters. The van der Waals surface area contributed by atoms with Crippen LogP contribution in [0.1, 0.15) is 36.1 Å². The van der Waals surface area contributed by atoms with Gasteiger partial charge in [-0.15, -0.1) is 0 Å². The second-order valence-corrected chi connectivity index (χ2v) is 7.67. The first-order valence-electron chi connectivity index (χ1n) is 9.35. The topological polar surface area (TPSA) is 76.0 Å². The van der Waals surface area contributed by atoms with Crippen LogP contribution in [0.3, 0.4) is 0 Å². The monoisotopic (exact) mass is 454 g/mol. The summed E-state index contributed by atoms with van der Waals surface area (Å²) in [4.78, 5) is 24.2. The molecule has 1 heterocycles. The van der Waals surface area contributed by atoms with E-state index >= 15 is 0 Å². The van der Waals surface area contributed by atoms with E-state index in [-0.39, 0.29) is 24.3 Å². The molecule has 0 aliphatic rings. The number of nitrogens with one attached hydrogen (secondary N) is 2. The summed E-state index contributed by atoms with van der Waals surface area (Å²) >= 11 is 3.40. The Labute approximate surface area is 178 Å². The molecule has 0 aliphatic carbocycles. The van der Waals surface area contributed by atoms with Gasteiger partial charge in [0.1, 0.15) is 0 Å². The lowest BCUT2D eigenvalue weighted by Gasteiger charge is -2.18. The minimum absolute atomic E-state index is 0.124. The molecule has 6 nitrogen and oxygen atoms in total. The van der Waals surface area contributed by atoms with Gasteiger partial charge in [0.2, 0.25) is 11.8 Å². The predicted molar refractivity (Wildman–Crippen MR) is 115 cm³/mol. The second-order valence-electron chi connectivity index (χ2n) is 6.76. The predicted octanol–water partition coefficient (Wildman–Crippen LogP) is 3.58. The Balaban J connectivity index is 1.63. The van der Waals surface area contributed by atoms with Crippen molar-refractivity contribution in [2.75, 3.05) is 0 Å². The highest BCUT2D eigenvalue weighted by Gasteiger charge is 2.17. The van der Waals surface area contributed by atoms with E-state index in [9.17, 15) is 9.59 Å². The molecule has 0 radical (unpaired) electrons. The number of carbonyl (C=O) groups excluding carboxylic acids is 2. The fourth-order valence-electron chi connectivity index (χ4n) is 3.10. The number of amides is 2. The third-order valence-electron chi connectivity index (χ3n) is 4.53. The highest BCUT2D eigenvalue weighted by molar-refractivity contribution is 9.10. The SMILES string of the molecule is CC(=O)NC(CC(=O)NCc1ccccc1Cn1cccn1)c1ccc(Br)cc1. The van der Waals surface area contributed by atoms with E-state index in [1.54, 1.807) is 6.20 Å². The Kier molecular flexibility index (Phi) is 7.19. The Hall–Kier alpha value is -2.93. The van der Waals surface area contributed by atoms with Crippen molar-refractivity contribution in [2.45, 2.75) is 32.5 Å². The van der Waals surface area contributed by atoms with Crippen LogP contribution >= 0.6 is 15.9 Å². The standard InChI is InChI=1S/C22H23BrN4O2/c1-16(28)26-21(17-7-9-20(23)10-8-17)13-22(29)24-14-18-5-2-3-6-19(18)15-27-12-4-11-25-27/h2-12,21H,13-15H2,1H3,(H,24,29)(H,26,28). The van der Waals surface area contributed by atoms with Crippen LogP contribution in [0.4, 0.5) is 0 Å². The third-order valence-corrected chi connectivity index (χ3v) is 5.05. The van der Waals surface area contributed by atoms with E-state index in [2.05, 4.69) is 31.7 Å². The maximum atomic E-state index is 12.6. The number of hydrogen-bond donors (Lipinski definition) is 2. The van der Waals surface area contributed by atoms with Gasteiger partial charge in [0, 0.05) is 30.3 Å². The summed E-state index contributed by atoms with van der Waals surface area (Å²) in [6, 6.07) is 17.1. The van der Waals surface area contributed by atoms with Crippen molar-refractivity contribution in [1.29, 1.82) is 0 Å². The van der Waals surface area contributed by atoms with Crippen LogP contribution < -0.4 is 10.6 Å². The van der Waals surface area contributed by atoms with Crippen LogP contribution in [-0.2, 0) is 22.7 Å². The van der Waals surface area contributed by atoms with Crippen LogP contribution in [-0.4, -0.2) is 21.6 Å². The average molecular weight is 455 g/mol. The molecule has 29 heavy (non-hydrogen) atoms. The molecular weight excluding hydrogens is 432 g/mol. The van der Waals surface area contributed by atoms with Gasteiger partial charge in [-0.3, -0.25) is 14.3 Å². The highest BCUT2D eigenvalue weighted by Crippen LogP contribution is 2.20. The molecule has 0 saturated heterocycles. The van der Waals surface area contributed by atoms with Gasteiger partial charge in [0.25, 0.3) is 0 Å². The second kappa shape index (κ2) is 10.0. The Morgan fingerprint density at radius 2 is 1.79 bits per heavy atom. The average Bonchev–Trinajstić information content (AvgIpc) is 3.20. The fourth-order valence-corrected chi connectivity index (χ4v) is 3.36. The fraction of sp³-hybridized carbons (Fsp3) is 0.227. The number of nitrogens with zero attached hydrogens (tertiary/aromatic N) is 2. The Morgan fingerprint density at radius 3 is 2.45 bits per heavy atom. The van der Waals surface area contributed by atoms with Gasteiger partial charge in [-0.05, 0) is 34.9 Å². The Morgan fingerprint density at radius 1 is 1.07 bits per heavy atom. The molecule has 0 spiro atoms. The zero-order valence-electron chi connectivity index (χ0n) is 16.1. The lowest BCUT2D eigenvalue weighted by molar-refractivity contribution is -0.122. The van der Waals surface area contributed by atoms with E-state index in [0.29, 0.717) is 13.1 Å². The van der Waals surface area contributed by atoms with E-state index in [1.807, 2.05) is 65.5 Å². The van der Waals surface area contributed by atoms with Crippen molar-refractivity contribution in [3.63, 3.8) is 0 Å². The lowest BCUT2D eigenvalue weighted by Crippen LogP contribution is -2.32. The summed E-state index contributed by atoms with van der Waals surface area (Å²) in [6.45, 7) is 2.52. The molecule has 2 N–H and O–H groups in total. The van der Waals surface area contributed by atoms with Crippen LogP contribution in [0.5, 0.6) is 0 Å². The molecule has 0 aliphatic heterocycles. The molecule has 0 fully saturated rings.